The second-order valence-electron chi connectivity index (χ2n) is 4.71. The summed E-state index contributed by atoms with van der Waals surface area (Å²) in [5.41, 5.74) is 0. The maximum atomic E-state index is 12.2. The molecule has 0 aliphatic carbocycles. The largest absolute Gasteiger partial charge is 0.480 e. The van der Waals surface area contributed by atoms with Crippen molar-refractivity contribution in [1.82, 2.24) is 4.90 Å². The van der Waals surface area contributed by atoms with E-state index in [1.165, 1.54) is 4.90 Å². The summed E-state index contributed by atoms with van der Waals surface area (Å²) < 4.78 is 5.31. The molecule has 2 N–H and O–H groups in total. The van der Waals surface area contributed by atoms with Gasteiger partial charge >= 0.3 is 5.97 Å². The van der Waals surface area contributed by atoms with Crippen LogP contribution in [0.25, 0.3) is 0 Å². The molecule has 6 nitrogen and oxygen atoms in total. The molecule has 2 rings (SSSR count). The topological polar surface area (TPSA) is 87.1 Å². The van der Waals surface area contributed by atoms with Gasteiger partial charge in [-0.05, 0) is 13.3 Å². The predicted octanol–water partition coefficient (Wildman–Crippen LogP) is -0.542. The Labute approximate surface area is 99.2 Å². The zero-order valence-corrected chi connectivity index (χ0v) is 9.70. The highest BCUT2D eigenvalue weighted by molar-refractivity contribution is 5.86. The molecule has 2 fully saturated rings. The molecule has 1 amide bonds. The van der Waals surface area contributed by atoms with E-state index in [0.29, 0.717) is 13.0 Å². The second-order valence-corrected chi connectivity index (χ2v) is 4.71. The number of ether oxygens (including phenoxy) is 1. The van der Waals surface area contributed by atoms with Gasteiger partial charge in [0.1, 0.15) is 6.04 Å². The molecule has 0 aromatic heterocycles. The van der Waals surface area contributed by atoms with Crippen LogP contribution in [0.4, 0.5) is 0 Å². The van der Waals surface area contributed by atoms with Crippen molar-refractivity contribution in [2.24, 2.45) is 5.92 Å². The number of carbonyl (C=O) groups excluding carboxylic acids is 1. The number of carboxylic acids is 1. The molecular formula is C11H17NO5. The third-order valence-corrected chi connectivity index (χ3v) is 3.54. The minimum absolute atomic E-state index is 0.110. The van der Waals surface area contributed by atoms with Crippen molar-refractivity contribution >= 4 is 11.9 Å². The van der Waals surface area contributed by atoms with E-state index >= 15 is 0 Å². The number of aliphatic carboxylic acids is 1. The van der Waals surface area contributed by atoms with Crippen LogP contribution in [0, 0.1) is 5.92 Å². The van der Waals surface area contributed by atoms with Crippen molar-refractivity contribution in [2.75, 3.05) is 13.2 Å². The third-order valence-electron chi connectivity index (χ3n) is 3.54. The lowest BCUT2D eigenvalue weighted by molar-refractivity contribution is -0.150. The monoisotopic (exact) mass is 243 g/mol. The Morgan fingerprint density at radius 2 is 2.12 bits per heavy atom. The summed E-state index contributed by atoms with van der Waals surface area (Å²) in [4.78, 5) is 24.5. The SMILES string of the molecule is CC1OCCC1C(=O)N1C[C@H](O)C[C@@H]1C(=O)O. The van der Waals surface area contributed by atoms with Crippen molar-refractivity contribution in [1.29, 1.82) is 0 Å². The molecule has 4 atom stereocenters. The molecule has 0 spiro atoms. The Kier molecular flexibility index (Phi) is 3.35. The number of carbonyl (C=O) groups is 2. The van der Waals surface area contributed by atoms with E-state index in [1.54, 1.807) is 0 Å². The van der Waals surface area contributed by atoms with Crippen LogP contribution in [-0.2, 0) is 14.3 Å². The highest BCUT2D eigenvalue weighted by Gasteiger charge is 2.43. The fraction of sp³-hybridized carbons (Fsp3) is 0.818. The summed E-state index contributed by atoms with van der Waals surface area (Å²) in [7, 11) is 0. The molecular weight excluding hydrogens is 226 g/mol. The van der Waals surface area contributed by atoms with Crippen molar-refractivity contribution in [3.63, 3.8) is 0 Å². The zero-order valence-electron chi connectivity index (χ0n) is 9.70. The number of hydrogen-bond acceptors (Lipinski definition) is 4. The molecule has 2 aliphatic heterocycles. The Balaban J connectivity index is 2.10. The van der Waals surface area contributed by atoms with Crippen molar-refractivity contribution in [3.05, 3.63) is 0 Å². The maximum absolute atomic E-state index is 12.2. The van der Waals surface area contributed by atoms with Crippen LogP contribution in [0.15, 0.2) is 0 Å². The molecule has 2 unspecified atom stereocenters. The first-order valence-corrected chi connectivity index (χ1v) is 5.83. The number of carboxylic acid groups (broad SMARTS) is 1. The smallest absolute Gasteiger partial charge is 0.326 e. The van der Waals surface area contributed by atoms with Gasteiger partial charge in [0.05, 0.1) is 18.1 Å². The number of likely N-dealkylation sites (tertiary alicyclic amines) is 1. The lowest BCUT2D eigenvalue weighted by atomic mass is 10.0. The lowest BCUT2D eigenvalue weighted by Gasteiger charge is -2.25. The van der Waals surface area contributed by atoms with E-state index in [9.17, 15) is 14.7 Å². The zero-order chi connectivity index (χ0) is 12.6. The maximum Gasteiger partial charge on any atom is 0.326 e. The van der Waals surface area contributed by atoms with Crippen molar-refractivity contribution in [3.8, 4) is 0 Å². The molecule has 2 saturated heterocycles. The molecule has 0 aromatic carbocycles. The lowest BCUT2D eigenvalue weighted by Crippen LogP contribution is -2.45. The van der Waals surface area contributed by atoms with Crippen LogP contribution >= 0.6 is 0 Å². The Morgan fingerprint density at radius 3 is 2.65 bits per heavy atom. The quantitative estimate of drug-likeness (QED) is 0.680. The number of hydrogen-bond donors (Lipinski definition) is 2. The Bertz CT molecular complexity index is 332. The molecule has 6 heteroatoms. The van der Waals surface area contributed by atoms with Crippen LogP contribution in [0.5, 0.6) is 0 Å². The summed E-state index contributed by atoms with van der Waals surface area (Å²) in [5.74, 6) is -1.54. The van der Waals surface area contributed by atoms with Crippen LogP contribution in [0.3, 0.4) is 0 Å². The normalized spacial score (nSPS) is 37.4. The summed E-state index contributed by atoms with van der Waals surface area (Å²) >= 11 is 0. The van der Waals surface area contributed by atoms with Gasteiger partial charge in [0.25, 0.3) is 0 Å². The first kappa shape index (κ1) is 12.3. The average Bonchev–Trinajstić information content (AvgIpc) is 2.83. The van der Waals surface area contributed by atoms with Crippen molar-refractivity contribution < 1.29 is 24.5 Å². The van der Waals surface area contributed by atoms with Gasteiger partial charge in [0, 0.05) is 19.6 Å². The van der Waals surface area contributed by atoms with E-state index in [0.717, 1.165) is 0 Å². The third kappa shape index (κ3) is 2.28. The molecule has 0 aromatic rings. The van der Waals surface area contributed by atoms with Gasteiger partial charge in [-0.3, -0.25) is 4.79 Å². The van der Waals surface area contributed by atoms with Gasteiger partial charge in [0.2, 0.25) is 5.91 Å². The number of aliphatic hydroxyl groups excluding tert-OH is 1. The average molecular weight is 243 g/mol. The highest BCUT2D eigenvalue weighted by Crippen LogP contribution is 2.27. The fourth-order valence-corrected chi connectivity index (χ4v) is 2.56. The van der Waals surface area contributed by atoms with Gasteiger partial charge < -0.3 is 19.8 Å². The fourth-order valence-electron chi connectivity index (χ4n) is 2.56. The second kappa shape index (κ2) is 4.62. The molecule has 0 bridgehead atoms. The molecule has 0 radical (unpaired) electrons. The van der Waals surface area contributed by atoms with Crippen LogP contribution in [0.1, 0.15) is 19.8 Å². The number of nitrogens with zero attached hydrogens (tertiary/aromatic N) is 1. The summed E-state index contributed by atoms with van der Waals surface area (Å²) in [6.45, 7) is 2.46. The summed E-state index contributed by atoms with van der Waals surface area (Å²) in [6, 6.07) is -0.898. The molecule has 2 heterocycles. The number of β-amino-alcohol motifs (C(OH)–C–C–N with tert-alkyl or cyclic N) is 1. The van der Waals surface area contributed by atoms with E-state index < -0.39 is 18.1 Å². The minimum atomic E-state index is -1.05. The first-order chi connectivity index (χ1) is 8.00. The molecule has 96 valence electrons. The van der Waals surface area contributed by atoms with E-state index in [4.69, 9.17) is 9.84 Å². The molecule has 17 heavy (non-hydrogen) atoms. The Hall–Kier alpha value is -1.14. The minimum Gasteiger partial charge on any atom is -0.480 e. The summed E-state index contributed by atoms with van der Waals surface area (Å²) in [5, 5.41) is 18.5. The molecule has 0 saturated carbocycles. The van der Waals surface area contributed by atoms with E-state index in [1.807, 2.05) is 6.92 Å². The first-order valence-electron chi connectivity index (χ1n) is 5.83. The van der Waals surface area contributed by atoms with Crippen LogP contribution in [0.2, 0.25) is 0 Å². The van der Waals surface area contributed by atoms with Gasteiger partial charge in [-0.25, -0.2) is 4.79 Å². The van der Waals surface area contributed by atoms with Gasteiger partial charge in [-0.2, -0.15) is 0 Å². The predicted molar refractivity (Wildman–Crippen MR) is 57.3 cm³/mol. The Morgan fingerprint density at radius 1 is 1.41 bits per heavy atom. The van der Waals surface area contributed by atoms with E-state index in [-0.39, 0.29) is 30.9 Å². The number of amides is 1. The van der Waals surface area contributed by atoms with Gasteiger partial charge in [0.15, 0.2) is 0 Å². The van der Waals surface area contributed by atoms with Crippen LogP contribution in [-0.4, -0.2) is 58.4 Å². The summed E-state index contributed by atoms with van der Waals surface area (Å²) in [6.07, 6.45) is -0.172. The van der Waals surface area contributed by atoms with Crippen LogP contribution < -0.4 is 0 Å². The highest BCUT2D eigenvalue weighted by atomic mass is 16.5. The number of rotatable bonds is 2. The van der Waals surface area contributed by atoms with Crippen molar-refractivity contribution in [2.45, 2.75) is 38.0 Å². The molecule has 2 aliphatic rings. The van der Waals surface area contributed by atoms with Gasteiger partial charge in [-0.1, -0.05) is 0 Å². The van der Waals surface area contributed by atoms with E-state index in [2.05, 4.69) is 0 Å². The standard InChI is InChI=1S/C11H17NO5/c1-6-8(2-3-17-6)10(14)12-5-7(13)4-9(12)11(15)16/h6-9,13H,2-5H2,1H3,(H,15,16)/t6?,7-,8?,9-/m1/s1. The number of aliphatic hydroxyl groups is 1. The van der Waals surface area contributed by atoms with Gasteiger partial charge in [-0.15, -0.1) is 0 Å².